The molecule has 21 heavy (non-hydrogen) atoms. The van der Waals surface area contributed by atoms with Gasteiger partial charge in [-0.15, -0.1) is 0 Å². The summed E-state index contributed by atoms with van der Waals surface area (Å²) in [5, 5.41) is 20.0. The number of benzene rings is 1. The van der Waals surface area contributed by atoms with Crippen molar-refractivity contribution in [3.8, 4) is 0 Å². The molecule has 6 heteroatoms. The normalized spacial score (nSPS) is 11.3. The van der Waals surface area contributed by atoms with Crippen molar-refractivity contribution in [2.75, 3.05) is 18.4 Å². The zero-order valence-electron chi connectivity index (χ0n) is 13.0. The molecule has 1 unspecified atom stereocenters. The van der Waals surface area contributed by atoms with Crippen LogP contribution in [0.4, 0.5) is 5.69 Å². The van der Waals surface area contributed by atoms with Gasteiger partial charge in [-0.1, -0.05) is 13.8 Å². The molecule has 118 valence electrons. The highest BCUT2D eigenvalue weighted by molar-refractivity contribution is 5.91. The van der Waals surface area contributed by atoms with E-state index >= 15 is 0 Å². The molecule has 0 saturated heterocycles. The second-order valence-corrected chi connectivity index (χ2v) is 4.42. The van der Waals surface area contributed by atoms with E-state index in [0.717, 1.165) is 13.1 Å². The van der Waals surface area contributed by atoms with Gasteiger partial charge < -0.3 is 15.5 Å². The van der Waals surface area contributed by atoms with E-state index in [-0.39, 0.29) is 17.7 Å². The van der Waals surface area contributed by atoms with Crippen LogP contribution >= 0.6 is 0 Å². The van der Waals surface area contributed by atoms with E-state index in [1.807, 2.05) is 18.7 Å². The predicted molar refractivity (Wildman–Crippen MR) is 82.3 cm³/mol. The molecule has 0 saturated carbocycles. The molecule has 0 aliphatic carbocycles. The van der Waals surface area contributed by atoms with E-state index in [2.05, 4.69) is 5.32 Å². The summed E-state index contributed by atoms with van der Waals surface area (Å²) >= 11 is 0. The second kappa shape index (κ2) is 9.90. The highest BCUT2D eigenvalue weighted by Crippen LogP contribution is 2.08. The Balaban J connectivity index is 0.000000433. The van der Waals surface area contributed by atoms with Crippen molar-refractivity contribution in [3.05, 3.63) is 29.8 Å². The van der Waals surface area contributed by atoms with Crippen molar-refractivity contribution in [3.63, 3.8) is 0 Å². The number of nitrogens with one attached hydrogen (secondary N) is 1. The maximum absolute atomic E-state index is 10.6. The van der Waals surface area contributed by atoms with Gasteiger partial charge in [0, 0.05) is 12.6 Å². The number of aromatic carboxylic acids is 1. The number of aliphatic hydroxyl groups excluding tert-OH is 1. The first-order valence-electron chi connectivity index (χ1n) is 6.84. The van der Waals surface area contributed by atoms with Crippen molar-refractivity contribution in [2.24, 2.45) is 0 Å². The monoisotopic (exact) mass is 296 g/mol. The van der Waals surface area contributed by atoms with Crippen LogP contribution in [0.15, 0.2) is 24.3 Å². The summed E-state index contributed by atoms with van der Waals surface area (Å²) in [5.41, 5.74) is 0.798. The number of nitrogens with zero attached hydrogens (tertiary/aromatic N) is 1. The maximum atomic E-state index is 10.6. The van der Waals surface area contributed by atoms with E-state index in [4.69, 9.17) is 10.2 Å². The first-order valence-corrected chi connectivity index (χ1v) is 6.84. The van der Waals surface area contributed by atoms with E-state index in [9.17, 15) is 9.59 Å². The van der Waals surface area contributed by atoms with Crippen LogP contribution in [0.3, 0.4) is 0 Å². The molecule has 0 fully saturated rings. The van der Waals surface area contributed by atoms with Crippen LogP contribution in [0.2, 0.25) is 0 Å². The van der Waals surface area contributed by atoms with Crippen LogP contribution in [-0.2, 0) is 4.79 Å². The van der Waals surface area contributed by atoms with Gasteiger partial charge in [0.2, 0.25) is 5.91 Å². The zero-order valence-corrected chi connectivity index (χ0v) is 13.0. The number of carbonyl (C=O) groups excluding carboxylic acids is 1. The van der Waals surface area contributed by atoms with Crippen LogP contribution in [0.25, 0.3) is 0 Å². The molecule has 0 aromatic heterocycles. The third-order valence-corrected chi connectivity index (χ3v) is 2.79. The Morgan fingerprint density at radius 3 is 1.90 bits per heavy atom. The van der Waals surface area contributed by atoms with Gasteiger partial charge in [-0.05, 0) is 44.3 Å². The lowest BCUT2D eigenvalue weighted by Gasteiger charge is -2.20. The Bertz CT molecular complexity index is 439. The summed E-state index contributed by atoms with van der Waals surface area (Å²) in [4.78, 5) is 23.0. The SMILES string of the molecule is CC(=O)Nc1ccc(C(=O)O)cc1.CCN(CC)C(C)O. The van der Waals surface area contributed by atoms with Crippen LogP contribution in [0, 0.1) is 0 Å². The van der Waals surface area contributed by atoms with Gasteiger partial charge in [0.25, 0.3) is 0 Å². The molecular formula is C15H24N2O4. The molecule has 3 N–H and O–H groups in total. The average molecular weight is 296 g/mol. The van der Waals surface area contributed by atoms with E-state index in [0.29, 0.717) is 5.69 Å². The van der Waals surface area contributed by atoms with Crippen molar-refractivity contribution in [2.45, 2.75) is 33.9 Å². The lowest BCUT2D eigenvalue weighted by molar-refractivity contribution is -0.114. The summed E-state index contributed by atoms with van der Waals surface area (Å²) in [6.07, 6.45) is -0.287. The molecule has 1 rings (SSSR count). The molecule has 0 aliphatic rings. The Kier molecular flexibility index (Phi) is 9.00. The molecule has 1 aromatic carbocycles. The number of aliphatic hydroxyl groups is 1. The van der Waals surface area contributed by atoms with Gasteiger partial charge in [0.05, 0.1) is 5.56 Å². The fraction of sp³-hybridized carbons (Fsp3) is 0.467. The van der Waals surface area contributed by atoms with Gasteiger partial charge >= 0.3 is 5.97 Å². The first kappa shape index (κ1) is 19.1. The number of hydrogen-bond acceptors (Lipinski definition) is 4. The number of carboxylic acids is 1. The van der Waals surface area contributed by atoms with Crippen molar-refractivity contribution < 1.29 is 19.8 Å². The predicted octanol–water partition coefficient (Wildman–Crippen LogP) is 2.01. The molecule has 6 nitrogen and oxygen atoms in total. The summed E-state index contributed by atoms with van der Waals surface area (Å²) in [7, 11) is 0. The number of amides is 1. The Labute approximate surface area is 125 Å². The van der Waals surface area contributed by atoms with Crippen LogP contribution < -0.4 is 5.32 Å². The molecule has 0 heterocycles. The van der Waals surface area contributed by atoms with Crippen molar-refractivity contribution in [1.29, 1.82) is 0 Å². The fourth-order valence-electron chi connectivity index (χ4n) is 1.65. The minimum atomic E-state index is -0.977. The molecule has 1 atom stereocenters. The van der Waals surface area contributed by atoms with E-state index in [1.54, 1.807) is 19.1 Å². The van der Waals surface area contributed by atoms with Crippen LogP contribution in [0.1, 0.15) is 38.1 Å². The van der Waals surface area contributed by atoms with Gasteiger partial charge in [0.15, 0.2) is 0 Å². The Morgan fingerprint density at radius 1 is 1.19 bits per heavy atom. The number of anilines is 1. The van der Waals surface area contributed by atoms with Crippen molar-refractivity contribution in [1.82, 2.24) is 4.90 Å². The fourth-order valence-corrected chi connectivity index (χ4v) is 1.65. The summed E-state index contributed by atoms with van der Waals surface area (Å²) in [6.45, 7) is 9.10. The highest BCUT2D eigenvalue weighted by atomic mass is 16.4. The zero-order chi connectivity index (χ0) is 16.4. The Morgan fingerprint density at radius 2 is 1.67 bits per heavy atom. The standard InChI is InChI=1S/C9H9NO3.C6H15NO/c1-6(11)10-8-4-2-7(3-5-8)9(12)13;1-4-7(5-2)6(3)8/h2-5H,1H3,(H,10,11)(H,12,13);6,8H,4-5H2,1-3H3. The molecule has 1 amide bonds. The van der Waals surface area contributed by atoms with Crippen LogP contribution in [0.5, 0.6) is 0 Å². The number of carbonyl (C=O) groups is 2. The summed E-state index contributed by atoms with van der Waals surface area (Å²) < 4.78 is 0. The minimum Gasteiger partial charge on any atom is -0.478 e. The van der Waals surface area contributed by atoms with Gasteiger partial charge in [-0.3, -0.25) is 9.69 Å². The topological polar surface area (TPSA) is 89.9 Å². The maximum Gasteiger partial charge on any atom is 0.335 e. The van der Waals surface area contributed by atoms with Gasteiger partial charge in [-0.2, -0.15) is 0 Å². The van der Waals surface area contributed by atoms with Crippen molar-refractivity contribution >= 4 is 17.6 Å². The Hall–Kier alpha value is -1.92. The molecule has 0 spiro atoms. The number of carboxylic acid groups (broad SMARTS) is 1. The quantitative estimate of drug-likeness (QED) is 0.723. The molecular weight excluding hydrogens is 272 g/mol. The van der Waals surface area contributed by atoms with E-state index < -0.39 is 5.97 Å². The summed E-state index contributed by atoms with van der Waals surface area (Å²) in [5.74, 6) is -1.16. The highest BCUT2D eigenvalue weighted by Gasteiger charge is 2.03. The molecule has 0 bridgehead atoms. The van der Waals surface area contributed by atoms with Gasteiger partial charge in [0.1, 0.15) is 6.23 Å². The summed E-state index contributed by atoms with van der Waals surface area (Å²) in [6, 6.07) is 5.97. The first-order chi connectivity index (χ1) is 9.81. The second-order valence-electron chi connectivity index (χ2n) is 4.42. The third-order valence-electron chi connectivity index (χ3n) is 2.79. The largest absolute Gasteiger partial charge is 0.478 e. The van der Waals surface area contributed by atoms with Crippen LogP contribution in [-0.4, -0.2) is 46.3 Å². The number of rotatable bonds is 5. The van der Waals surface area contributed by atoms with Gasteiger partial charge in [-0.25, -0.2) is 4.79 Å². The lowest BCUT2D eigenvalue weighted by Crippen LogP contribution is -2.32. The lowest BCUT2D eigenvalue weighted by atomic mass is 10.2. The third kappa shape index (κ3) is 8.06. The average Bonchev–Trinajstić information content (AvgIpc) is 2.40. The minimum absolute atomic E-state index is 0.178. The molecule has 1 aromatic rings. The molecule has 0 aliphatic heterocycles. The van der Waals surface area contributed by atoms with E-state index in [1.165, 1.54) is 19.1 Å². The number of hydrogen-bond donors (Lipinski definition) is 3. The molecule has 0 radical (unpaired) electrons. The smallest absolute Gasteiger partial charge is 0.335 e.